The Labute approximate surface area is 250 Å². The molecule has 0 saturated heterocycles. The van der Waals surface area contributed by atoms with Gasteiger partial charge in [-0.2, -0.15) is 0 Å². The van der Waals surface area contributed by atoms with E-state index in [1.54, 1.807) is 21.3 Å². The van der Waals surface area contributed by atoms with Gasteiger partial charge in [0.15, 0.2) is 34.5 Å². The van der Waals surface area contributed by atoms with Crippen LogP contribution in [0, 0.1) is 0 Å². The molecule has 220 valence electrons. The number of hydrogen-bond acceptors (Lipinski definition) is 8. The van der Waals surface area contributed by atoms with Crippen LogP contribution in [0.5, 0.6) is 46.0 Å². The normalized spacial score (nSPS) is 16.9. The van der Waals surface area contributed by atoms with Crippen molar-refractivity contribution in [1.82, 2.24) is 5.32 Å². The summed E-state index contributed by atoms with van der Waals surface area (Å²) in [6.07, 6.45) is 2.87. The number of nitrogens with one attached hydrogen (secondary N) is 1. The van der Waals surface area contributed by atoms with Crippen molar-refractivity contribution in [3.8, 4) is 46.0 Å². The first-order valence-corrected chi connectivity index (χ1v) is 14.6. The molecule has 43 heavy (non-hydrogen) atoms. The van der Waals surface area contributed by atoms with E-state index in [-0.39, 0.29) is 11.8 Å². The lowest BCUT2D eigenvalue weighted by Crippen LogP contribution is -2.31. The predicted molar refractivity (Wildman–Crippen MR) is 164 cm³/mol. The summed E-state index contributed by atoms with van der Waals surface area (Å²) in [6.45, 7) is 1.49. The van der Waals surface area contributed by atoms with Crippen LogP contribution in [0.15, 0.2) is 65.7 Å². The minimum Gasteiger partial charge on any atom is -0.502 e. The molecule has 4 aromatic rings. The summed E-state index contributed by atoms with van der Waals surface area (Å²) in [5.74, 6) is 3.82. The number of fused-ring (bicyclic) bond motifs is 2. The highest BCUT2D eigenvalue weighted by atomic mass is 16.5. The van der Waals surface area contributed by atoms with Crippen LogP contribution >= 0.6 is 0 Å². The van der Waals surface area contributed by atoms with Crippen molar-refractivity contribution in [2.45, 2.75) is 31.7 Å². The van der Waals surface area contributed by atoms with Gasteiger partial charge < -0.3 is 34.1 Å². The minimum atomic E-state index is -0.0609. The van der Waals surface area contributed by atoms with E-state index in [2.05, 4.69) is 17.4 Å². The Balaban J connectivity index is 1.43. The summed E-state index contributed by atoms with van der Waals surface area (Å²) in [4.78, 5) is 4.91. The fraction of sp³-hybridized carbons (Fsp3) is 0.286. The van der Waals surface area contributed by atoms with Crippen molar-refractivity contribution >= 4 is 5.71 Å². The molecule has 4 aromatic carbocycles. The zero-order chi connectivity index (χ0) is 29.5. The number of aromatic hydroxyl groups is 1. The van der Waals surface area contributed by atoms with Gasteiger partial charge in [0.1, 0.15) is 5.75 Å². The van der Waals surface area contributed by atoms with Crippen LogP contribution < -0.4 is 29.0 Å². The van der Waals surface area contributed by atoms with E-state index in [1.807, 2.05) is 48.5 Å². The second-order valence-corrected chi connectivity index (χ2v) is 11.0. The maximum Gasteiger partial charge on any atom is 0.202 e. The van der Waals surface area contributed by atoms with E-state index in [0.29, 0.717) is 53.9 Å². The first-order chi connectivity index (χ1) is 21.0. The second-order valence-electron chi connectivity index (χ2n) is 11.0. The van der Waals surface area contributed by atoms with Crippen LogP contribution in [0.3, 0.4) is 0 Å². The van der Waals surface area contributed by atoms with Crippen molar-refractivity contribution in [2.75, 3.05) is 34.4 Å². The van der Waals surface area contributed by atoms with Crippen LogP contribution in [0.25, 0.3) is 0 Å². The molecule has 8 rings (SSSR count). The van der Waals surface area contributed by atoms with E-state index >= 15 is 0 Å². The molecule has 0 unspecified atom stereocenters. The molecule has 8 nitrogen and oxygen atoms in total. The van der Waals surface area contributed by atoms with Gasteiger partial charge in [-0.3, -0.25) is 4.99 Å². The summed E-state index contributed by atoms with van der Waals surface area (Å²) in [5.41, 5.74) is 7.15. The molecule has 1 atom stereocenters. The molecular weight excluding hydrogens is 544 g/mol. The molecule has 0 spiro atoms. The van der Waals surface area contributed by atoms with Crippen LogP contribution in [0.4, 0.5) is 0 Å². The van der Waals surface area contributed by atoms with Gasteiger partial charge in [0, 0.05) is 24.6 Å². The molecule has 0 aliphatic carbocycles. The highest BCUT2D eigenvalue weighted by molar-refractivity contribution is 6.07. The van der Waals surface area contributed by atoms with Gasteiger partial charge in [-0.1, -0.05) is 18.2 Å². The predicted octanol–water partition coefficient (Wildman–Crippen LogP) is 6.33. The molecule has 0 saturated carbocycles. The SMILES string of the molecule is COc1ccc2cc1Oc1ccc(cc1)CC1=NCCc3cc(OC)c(O)c(c31)Oc1cc3c(cc1OC)CCN[C@@H]3C2. The molecule has 0 aromatic heterocycles. The Morgan fingerprint density at radius 1 is 0.791 bits per heavy atom. The molecule has 4 aliphatic heterocycles. The van der Waals surface area contributed by atoms with Crippen LogP contribution in [0.1, 0.15) is 39.4 Å². The van der Waals surface area contributed by atoms with Crippen molar-refractivity contribution in [3.05, 3.63) is 94.0 Å². The molecule has 4 aliphatic rings. The van der Waals surface area contributed by atoms with Crippen LogP contribution in [-0.2, 0) is 25.7 Å². The number of methoxy groups -OCH3 is 3. The van der Waals surface area contributed by atoms with Crippen molar-refractivity contribution in [3.63, 3.8) is 0 Å². The van der Waals surface area contributed by atoms with Crippen LogP contribution in [-0.4, -0.2) is 45.2 Å². The van der Waals surface area contributed by atoms with E-state index in [0.717, 1.165) is 58.7 Å². The number of rotatable bonds is 3. The Morgan fingerprint density at radius 2 is 1.53 bits per heavy atom. The number of phenolic OH excluding ortho intramolecular Hbond substituents is 1. The fourth-order valence-corrected chi connectivity index (χ4v) is 6.32. The molecule has 2 N–H and O–H groups in total. The first-order valence-electron chi connectivity index (χ1n) is 14.6. The highest BCUT2D eigenvalue weighted by Gasteiger charge is 2.29. The third kappa shape index (κ3) is 5.02. The van der Waals surface area contributed by atoms with Gasteiger partial charge in [-0.25, -0.2) is 0 Å². The number of phenols is 1. The van der Waals surface area contributed by atoms with Gasteiger partial charge in [0.25, 0.3) is 0 Å². The number of ether oxygens (including phenoxy) is 5. The standard InChI is InChI=1S/C35H34N2O6/c1-39-28-9-6-21-15-26-25-19-31(29(40-2)17-22(25)10-12-36-26)43-35-33-23(18-32(41-3)34(35)38)11-13-37-27(33)14-20-4-7-24(8-5-20)42-30(28)16-21/h4-9,16-19,26,36,38H,10-15H2,1-3H3/t26-/m1/s1. The highest BCUT2D eigenvalue weighted by Crippen LogP contribution is 2.48. The monoisotopic (exact) mass is 578 g/mol. The smallest absolute Gasteiger partial charge is 0.202 e. The minimum absolute atomic E-state index is 0.0290. The number of benzene rings is 4. The molecule has 0 radical (unpaired) electrons. The lowest BCUT2D eigenvalue weighted by molar-refractivity contribution is 0.342. The summed E-state index contributed by atoms with van der Waals surface area (Å²) in [7, 11) is 4.85. The Morgan fingerprint density at radius 3 is 2.33 bits per heavy atom. The molecule has 0 fully saturated rings. The summed E-state index contributed by atoms with van der Waals surface area (Å²) in [5, 5.41) is 15.1. The molecule has 8 heteroatoms. The van der Waals surface area contributed by atoms with Gasteiger partial charge in [-0.05, 0) is 96.1 Å². The van der Waals surface area contributed by atoms with Crippen molar-refractivity contribution < 1.29 is 28.8 Å². The first kappa shape index (κ1) is 27.2. The van der Waals surface area contributed by atoms with E-state index in [1.165, 1.54) is 5.56 Å². The van der Waals surface area contributed by atoms with Crippen LogP contribution in [0.2, 0.25) is 0 Å². The quantitative estimate of drug-likeness (QED) is 0.294. The molecule has 6 bridgehead atoms. The number of aliphatic imine (C=N–C) groups is 1. The largest absolute Gasteiger partial charge is 0.502 e. The van der Waals surface area contributed by atoms with E-state index < -0.39 is 0 Å². The zero-order valence-electron chi connectivity index (χ0n) is 24.5. The maximum atomic E-state index is 11.4. The summed E-state index contributed by atoms with van der Waals surface area (Å²) < 4.78 is 30.0. The van der Waals surface area contributed by atoms with Gasteiger partial charge in [0.05, 0.1) is 27.0 Å². The Hall–Kier alpha value is -4.69. The third-order valence-corrected chi connectivity index (χ3v) is 8.48. The van der Waals surface area contributed by atoms with Gasteiger partial charge in [0.2, 0.25) is 5.75 Å². The molecule has 4 heterocycles. The summed E-state index contributed by atoms with van der Waals surface area (Å²) >= 11 is 0. The number of hydrogen-bond donors (Lipinski definition) is 2. The Kier molecular flexibility index (Phi) is 7.07. The maximum absolute atomic E-state index is 11.4. The average Bonchev–Trinajstić information content (AvgIpc) is 3.03. The topological polar surface area (TPSA) is 90.8 Å². The lowest BCUT2D eigenvalue weighted by Gasteiger charge is -2.29. The average molecular weight is 579 g/mol. The van der Waals surface area contributed by atoms with E-state index in [4.69, 9.17) is 28.7 Å². The van der Waals surface area contributed by atoms with Crippen molar-refractivity contribution in [1.29, 1.82) is 0 Å². The van der Waals surface area contributed by atoms with Crippen molar-refractivity contribution in [2.24, 2.45) is 4.99 Å². The summed E-state index contributed by atoms with van der Waals surface area (Å²) in [6, 6.07) is 20.1. The molecular formula is C35H34N2O6. The lowest BCUT2D eigenvalue weighted by atomic mass is 9.89. The van der Waals surface area contributed by atoms with Gasteiger partial charge >= 0.3 is 0 Å². The molecule has 0 amide bonds. The third-order valence-electron chi connectivity index (χ3n) is 8.48. The van der Waals surface area contributed by atoms with E-state index in [9.17, 15) is 5.11 Å². The Bertz CT molecular complexity index is 1730. The second kappa shape index (κ2) is 11.2. The number of nitrogens with zero attached hydrogens (tertiary/aromatic N) is 1. The zero-order valence-corrected chi connectivity index (χ0v) is 24.5. The van der Waals surface area contributed by atoms with Gasteiger partial charge in [-0.15, -0.1) is 0 Å². The fourth-order valence-electron chi connectivity index (χ4n) is 6.32.